The Bertz CT molecular complexity index is 335. The van der Waals surface area contributed by atoms with Crippen LogP contribution in [-0.2, 0) is 4.79 Å². The van der Waals surface area contributed by atoms with Crippen molar-refractivity contribution in [3.05, 3.63) is 24.8 Å². The van der Waals surface area contributed by atoms with E-state index in [0.717, 1.165) is 12.5 Å². The van der Waals surface area contributed by atoms with Crippen molar-refractivity contribution in [1.82, 2.24) is 5.32 Å². The first-order chi connectivity index (χ1) is 7.53. The van der Waals surface area contributed by atoms with E-state index >= 15 is 0 Å². The number of carbonyl (C=O) groups is 1. The summed E-state index contributed by atoms with van der Waals surface area (Å²) in [5.41, 5.74) is 0. The SMILES string of the molecule is C=CC(C)(Br)C(=O)NCC1CC2C=CC1C2. The van der Waals surface area contributed by atoms with Crippen molar-refractivity contribution in [2.24, 2.45) is 17.8 Å². The minimum atomic E-state index is -0.638. The number of nitrogens with one attached hydrogen (secondary N) is 1. The molecule has 0 spiro atoms. The second-order valence-electron chi connectivity index (χ2n) is 5.03. The normalized spacial score (nSPS) is 34.8. The molecular weight excluding hydrogens is 266 g/mol. The van der Waals surface area contributed by atoms with Gasteiger partial charge in [-0.25, -0.2) is 0 Å². The number of halogens is 1. The Morgan fingerprint density at radius 2 is 2.38 bits per heavy atom. The first kappa shape index (κ1) is 11.9. The summed E-state index contributed by atoms with van der Waals surface area (Å²) >= 11 is 3.35. The summed E-state index contributed by atoms with van der Waals surface area (Å²) in [6.45, 7) is 6.26. The Hall–Kier alpha value is -0.570. The highest BCUT2D eigenvalue weighted by Gasteiger charge is 2.36. The summed E-state index contributed by atoms with van der Waals surface area (Å²) < 4.78 is -0.638. The predicted octanol–water partition coefficient (Wildman–Crippen LogP) is 2.65. The number of hydrogen-bond acceptors (Lipinski definition) is 1. The van der Waals surface area contributed by atoms with Crippen LogP contribution in [0.5, 0.6) is 0 Å². The van der Waals surface area contributed by atoms with Crippen molar-refractivity contribution >= 4 is 21.8 Å². The quantitative estimate of drug-likeness (QED) is 0.624. The maximum absolute atomic E-state index is 11.8. The molecule has 0 saturated heterocycles. The lowest BCUT2D eigenvalue weighted by atomic mass is 9.93. The molecule has 16 heavy (non-hydrogen) atoms. The van der Waals surface area contributed by atoms with Crippen molar-refractivity contribution in [2.75, 3.05) is 6.54 Å². The largest absolute Gasteiger partial charge is 0.354 e. The number of allylic oxidation sites excluding steroid dienone is 2. The van der Waals surface area contributed by atoms with Gasteiger partial charge in [0.15, 0.2) is 0 Å². The van der Waals surface area contributed by atoms with Crippen LogP contribution in [0.25, 0.3) is 0 Å². The minimum absolute atomic E-state index is 0.00857. The van der Waals surface area contributed by atoms with E-state index in [0.29, 0.717) is 11.8 Å². The molecule has 1 amide bonds. The zero-order valence-corrected chi connectivity index (χ0v) is 11.2. The second-order valence-corrected chi connectivity index (χ2v) is 6.68. The van der Waals surface area contributed by atoms with Crippen LogP contribution in [0.15, 0.2) is 24.8 Å². The molecule has 4 atom stereocenters. The molecule has 0 aromatic rings. The highest BCUT2D eigenvalue weighted by molar-refractivity contribution is 9.10. The van der Waals surface area contributed by atoms with Gasteiger partial charge in [0.2, 0.25) is 5.91 Å². The Kier molecular flexibility index (Phi) is 3.24. The number of carbonyl (C=O) groups excluding carboxylic acids is 1. The molecule has 88 valence electrons. The molecule has 3 heteroatoms. The van der Waals surface area contributed by atoms with Gasteiger partial charge >= 0.3 is 0 Å². The molecule has 0 radical (unpaired) electrons. The third-order valence-corrected chi connectivity index (χ3v) is 4.45. The number of hydrogen-bond donors (Lipinski definition) is 1. The van der Waals surface area contributed by atoms with Crippen LogP contribution in [0.3, 0.4) is 0 Å². The van der Waals surface area contributed by atoms with Crippen LogP contribution in [0.4, 0.5) is 0 Å². The third kappa shape index (κ3) is 2.24. The lowest BCUT2D eigenvalue weighted by Gasteiger charge is -2.22. The first-order valence-electron chi connectivity index (χ1n) is 5.82. The van der Waals surface area contributed by atoms with Crippen molar-refractivity contribution in [1.29, 1.82) is 0 Å². The number of alkyl halides is 1. The fourth-order valence-corrected chi connectivity index (χ4v) is 2.76. The van der Waals surface area contributed by atoms with Crippen LogP contribution in [0.1, 0.15) is 19.8 Å². The van der Waals surface area contributed by atoms with E-state index in [1.165, 1.54) is 12.8 Å². The number of rotatable bonds is 4. The second kappa shape index (κ2) is 4.36. The molecule has 2 aliphatic rings. The molecule has 0 aromatic heterocycles. The molecule has 2 bridgehead atoms. The van der Waals surface area contributed by atoms with E-state index in [4.69, 9.17) is 0 Å². The molecule has 1 saturated carbocycles. The molecule has 4 unspecified atom stereocenters. The third-order valence-electron chi connectivity index (χ3n) is 3.77. The predicted molar refractivity (Wildman–Crippen MR) is 69.4 cm³/mol. The van der Waals surface area contributed by atoms with E-state index in [2.05, 4.69) is 40.0 Å². The van der Waals surface area contributed by atoms with Gasteiger partial charge in [-0.05, 0) is 37.5 Å². The van der Waals surface area contributed by atoms with E-state index in [9.17, 15) is 4.79 Å². The summed E-state index contributed by atoms with van der Waals surface area (Å²) in [7, 11) is 0. The van der Waals surface area contributed by atoms with Crippen LogP contribution in [0.2, 0.25) is 0 Å². The van der Waals surface area contributed by atoms with Crippen molar-refractivity contribution < 1.29 is 4.79 Å². The Balaban J connectivity index is 1.82. The average molecular weight is 284 g/mol. The van der Waals surface area contributed by atoms with Crippen LogP contribution < -0.4 is 5.32 Å². The molecule has 2 nitrogen and oxygen atoms in total. The Morgan fingerprint density at radius 1 is 1.62 bits per heavy atom. The van der Waals surface area contributed by atoms with Crippen LogP contribution in [0, 0.1) is 17.8 Å². The monoisotopic (exact) mass is 283 g/mol. The van der Waals surface area contributed by atoms with Gasteiger partial charge in [0, 0.05) is 6.54 Å². The smallest absolute Gasteiger partial charge is 0.240 e. The molecule has 0 aliphatic heterocycles. The minimum Gasteiger partial charge on any atom is -0.354 e. The van der Waals surface area contributed by atoms with Gasteiger partial charge in [0.05, 0.1) is 0 Å². The van der Waals surface area contributed by atoms with Crippen molar-refractivity contribution in [2.45, 2.75) is 24.1 Å². The van der Waals surface area contributed by atoms with Gasteiger partial charge in [-0.3, -0.25) is 4.79 Å². The number of fused-ring (bicyclic) bond motifs is 2. The van der Waals surface area contributed by atoms with Crippen LogP contribution >= 0.6 is 15.9 Å². The molecule has 0 aromatic carbocycles. The summed E-state index contributed by atoms with van der Waals surface area (Å²) in [6, 6.07) is 0. The van der Waals surface area contributed by atoms with Gasteiger partial charge in [0.1, 0.15) is 4.32 Å². The topological polar surface area (TPSA) is 29.1 Å². The van der Waals surface area contributed by atoms with E-state index < -0.39 is 4.32 Å². The molecule has 2 rings (SSSR count). The van der Waals surface area contributed by atoms with E-state index in [1.807, 2.05) is 6.92 Å². The van der Waals surface area contributed by atoms with Gasteiger partial charge < -0.3 is 5.32 Å². The van der Waals surface area contributed by atoms with Gasteiger partial charge in [0.25, 0.3) is 0 Å². The summed E-state index contributed by atoms with van der Waals surface area (Å²) in [6.07, 6.45) is 8.78. The fraction of sp³-hybridized carbons (Fsp3) is 0.615. The summed E-state index contributed by atoms with van der Waals surface area (Å²) in [5, 5.41) is 3.01. The van der Waals surface area contributed by atoms with Crippen LogP contribution in [-0.4, -0.2) is 16.8 Å². The number of amides is 1. The lowest BCUT2D eigenvalue weighted by molar-refractivity contribution is -0.122. The molecule has 0 heterocycles. The Labute approximate surface area is 105 Å². The standard InChI is InChI=1S/C13H18BrNO/c1-3-13(2,14)12(16)15-8-11-7-9-4-5-10(11)6-9/h3-5,9-11H,1,6-8H2,2H3,(H,15,16). The zero-order chi connectivity index (χ0) is 11.8. The molecule has 1 N–H and O–H groups in total. The summed E-state index contributed by atoms with van der Waals surface area (Å²) in [4.78, 5) is 11.8. The van der Waals surface area contributed by atoms with Gasteiger partial charge in [-0.1, -0.05) is 34.2 Å². The Morgan fingerprint density at radius 3 is 2.88 bits per heavy atom. The maximum atomic E-state index is 11.8. The van der Waals surface area contributed by atoms with E-state index in [-0.39, 0.29) is 5.91 Å². The fourth-order valence-electron chi connectivity index (χ4n) is 2.62. The summed E-state index contributed by atoms with van der Waals surface area (Å²) in [5.74, 6) is 2.10. The first-order valence-corrected chi connectivity index (χ1v) is 6.61. The average Bonchev–Trinajstić information content (AvgIpc) is 2.87. The molecular formula is C13H18BrNO. The lowest BCUT2D eigenvalue weighted by Crippen LogP contribution is -2.41. The van der Waals surface area contributed by atoms with Crippen molar-refractivity contribution in [3.8, 4) is 0 Å². The maximum Gasteiger partial charge on any atom is 0.240 e. The van der Waals surface area contributed by atoms with Gasteiger partial charge in [-0.15, -0.1) is 6.58 Å². The van der Waals surface area contributed by atoms with Gasteiger partial charge in [-0.2, -0.15) is 0 Å². The molecule has 2 aliphatic carbocycles. The zero-order valence-electron chi connectivity index (χ0n) is 9.58. The highest BCUT2D eigenvalue weighted by atomic mass is 79.9. The van der Waals surface area contributed by atoms with Crippen molar-refractivity contribution in [3.63, 3.8) is 0 Å². The highest BCUT2D eigenvalue weighted by Crippen LogP contribution is 2.43. The van der Waals surface area contributed by atoms with E-state index in [1.54, 1.807) is 6.08 Å². The molecule has 1 fully saturated rings.